The largest absolute Gasteiger partial charge is 0.409 e. The number of nitrogens with zero attached hydrogens (tertiary/aromatic N) is 1. The van der Waals surface area contributed by atoms with Gasteiger partial charge in [-0.25, -0.2) is 0 Å². The van der Waals surface area contributed by atoms with Gasteiger partial charge in [0.1, 0.15) is 5.41 Å². The molecule has 0 radical (unpaired) electrons. The van der Waals surface area contributed by atoms with Crippen LogP contribution in [0.25, 0.3) is 0 Å². The Bertz CT molecular complexity index is 509. The molecule has 110 valence electrons. The van der Waals surface area contributed by atoms with Crippen molar-refractivity contribution < 1.29 is 10.0 Å². The number of nitrogens with two attached hydrogens (primary N) is 1. The first-order valence-corrected chi connectivity index (χ1v) is 7.78. The van der Waals surface area contributed by atoms with Crippen LogP contribution in [0.15, 0.2) is 17.3 Å². The lowest BCUT2D eigenvalue weighted by Gasteiger charge is -2.25. The number of nitrogens with one attached hydrogen (secondary N) is 1. The summed E-state index contributed by atoms with van der Waals surface area (Å²) in [5.74, 6) is -0.125. The molecule has 0 aromatic carbocycles. The summed E-state index contributed by atoms with van der Waals surface area (Å²) >= 11 is 7.37. The molecule has 1 amide bonds. The second-order valence-electron chi connectivity index (χ2n) is 4.99. The monoisotopic (exact) mass is 315 g/mol. The van der Waals surface area contributed by atoms with Crippen LogP contribution >= 0.6 is 22.9 Å². The van der Waals surface area contributed by atoms with Crippen LogP contribution < -0.4 is 11.1 Å². The van der Waals surface area contributed by atoms with Gasteiger partial charge in [-0.2, -0.15) is 0 Å². The Morgan fingerprint density at radius 2 is 2.20 bits per heavy atom. The van der Waals surface area contributed by atoms with Gasteiger partial charge in [-0.05, 0) is 31.4 Å². The van der Waals surface area contributed by atoms with Crippen molar-refractivity contribution in [2.24, 2.45) is 16.3 Å². The van der Waals surface area contributed by atoms with Crippen molar-refractivity contribution >= 4 is 34.7 Å². The van der Waals surface area contributed by atoms with E-state index in [-0.39, 0.29) is 11.7 Å². The van der Waals surface area contributed by atoms with E-state index in [1.54, 1.807) is 0 Å². The number of oxime groups is 1. The average Bonchev–Trinajstić information content (AvgIpc) is 3.07. The zero-order chi connectivity index (χ0) is 14.6. The van der Waals surface area contributed by atoms with Gasteiger partial charge in [-0.1, -0.05) is 29.6 Å². The van der Waals surface area contributed by atoms with E-state index in [1.807, 2.05) is 12.1 Å². The van der Waals surface area contributed by atoms with Gasteiger partial charge in [0.25, 0.3) is 0 Å². The normalized spacial score (nSPS) is 18.1. The van der Waals surface area contributed by atoms with Gasteiger partial charge in [-0.3, -0.25) is 4.79 Å². The first-order valence-electron chi connectivity index (χ1n) is 6.59. The van der Waals surface area contributed by atoms with Gasteiger partial charge < -0.3 is 16.3 Å². The fourth-order valence-corrected chi connectivity index (χ4v) is 3.72. The molecule has 1 aliphatic carbocycles. The second kappa shape index (κ2) is 6.45. The maximum Gasteiger partial charge on any atom is 0.233 e. The highest BCUT2D eigenvalue weighted by atomic mass is 35.5. The third kappa shape index (κ3) is 3.07. The number of thiophene rings is 1. The van der Waals surface area contributed by atoms with Gasteiger partial charge in [0, 0.05) is 11.4 Å². The predicted molar refractivity (Wildman–Crippen MR) is 80.4 cm³/mol. The van der Waals surface area contributed by atoms with E-state index in [2.05, 4.69) is 10.5 Å². The Labute approximate surface area is 126 Å². The highest BCUT2D eigenvalue weighted by Gasteiger charge is 2.45. The molecule has 0 bridgehead atoms. The minimum Gasteiger partial charge on any atom is -0.409 e. The van der Waals surface area contributed by atoms with E-state index < -0.39 is 5.41 Å². The standard InChI is InChI=1S/C13H18ClN3O2S/c14-10-4-3-9(20-10)5-8-16-12(18)13(11(15)17-19)6-1-2-7-13/h3-4,19H,1-2,5-8H2,(H2,15,17)(H,16,18). The first kappa shape index (κ1) is 15.1. The Balaban J connectivity index is 1.93. The molecule has 1 heterocycles. The number of amidine groups is 1. The van der Waals surface area contributed by atoms with Crippen LogP contribution in [0.1, 0.15) is 30.6 Å². The van der Waals surface area contributed by atoms with E-state index in [9.17, 15) is 4.79 Å². The molecule has 0 aliphatic heterocycles. The minimum atomic E-state index is -0.832. The molecule has 4 N–H and O–H groups in total. The summed E-state index contributed by atoms with van der Waals surface area (Å²) in [4.78, 5) is 13.5. The Morgan fingerprint density at radius 3 is 2.75 bits per heavy atom. The van der Waals surface area contributed by atoms with Crippen LogP contribution in [0.4, 0.5) is 0 Å². The highest BCUT2D eigenvalue weighted by molar-refractivity contribution is 7.16. The summed E-state index contributed by atoms with van der Waals surface area (Å²) in [5, 5.41) is 14.8. The fraction of sp³-hybridized carbons (Fsp3) is 0.538. The number of amides is 1. The van der Waals surface area contributed by atoms with Crippen molar-refractivity contribution in [2.45, 2.75) is 32.1 Å². The third-order valence-electron chi connectivity index (χ3n) is 3.78. The van der Waals surface area contributed by atoms with Crippen LogP contribution in [-0.4, -0.2) is 23.5 Å². The van der Waals surface area contributed by atoms with Crippen LogP contribution in [0.2, 0.25) is 4.34 Å². The smallest absolute Gasteiger partial charge is 0.233 e. The average molecular weight is 316 g/mol. The van der Waals surface area contributed by atoms with Crippen LogP contribution in [0.3, 0.4) is 0 Å². The molecule has 2 rings (SSSR count). The van der Waals surface area contributed by atoms with Gasteiger partial charge >= 0.3 is 0 Å². The Kier molecular flexibility index (Phi) is 4.88. The zero-order valence-electron chi connectivity index (χ0n) is 11.1. The van der Waals surface area contributed by atoms with Crippen molar-refractivity contribution in [3.8, 4) is 0 Å². The molecule has 1 saturated carbocycles. The van der Waals surface area contributed by atoms with E-state index in [4.69, 9.17) is 22.5 Å². The molecule has 0 atom stereocenters. The lowest BCUT2D eigenvalue weighted by atomic mass is 9.84. The maximum atomic E-state index is 12.4. The summed E-state index contributed by atoms with van der Waals surface area (Å²) in [6.07, 6.45) is 3.85. The van der Waals surface area contributed by atoms with Crippen LogP contribution in [-0.2, 0) is 11.2 Å². The summed E-state index contributed by atoms with van der Waals surface area (Å²) in [5.41, 5.74) is 4.89. The number of halogens is 1. The van der Waals surface area contributed by atoms with E-state index in [1.165, 1.54) is 11.3 Å². The lowest BCUT2D eigenvalue weighted by Crippen LogP contribution is -2.48. The molecular weight excluding hydrogens is 298 g/mol. The Hall–Kier alpha value is -1.27. The topological polar surface area (TPSA) is 87.7 Å². The molecular formula is C13H18ClN3O2S. The molecule has 1 fully saturated rings. The number of carbonyl (C=O) groups is 1. The lowest BCUT2D eigenvalue weighted by molar-refractivity contribution is -0.127. The molecule has 0 unspecified atom stereocenters. The molecule has 7 heteroatoms. The Morgan fingerprint density at radius 1 is 1.50 bits per heavy atom. The summed E-state index contributed by atoms with van der Waals surface area (Å²) in [6.45, 7) is 0.524. The molecule has 0 spiro atoms. The SMILES string of the molecule is N/C(=N/O)C1(C(=O)NCCc2ccc(Cl)s2)CCCC1. The quantitative estimate of drug-likeness (QED) is 0.337. The van der Waals surface area contributed by atoms with E-state index in [0.29, 0.717) is 19.4 Å². The van der Waals surface area contributed by atoms with Crippen molar-refractivity contribution in [3.63, 3.8) is 0 Å². The number of hydrogen-bond donors (Lipinski definition) is 3. The predicted octanol–water partition coefficient (Wildman–Crippen LogP) is 2.37. The number of hydrogen-bond acceptors (Lipinski definition) is 4. The van der Waals surface area contributed by atoms with Gasteiger partial charge in [0.05, 0.1) is 4.34 Å². The minimum absolute atomic E-state index is 0.0201. The molecule has 5 nitrogen and oxygen atoms in total. The summed E-state index contributed by atoms with van der Waals surface area (Å²) in [6, 6.07) is 3.80. The first-order chi connectivity index (χ1) is 9.58. The van der Waals surface area contributed by atoms with Gasteiger partial charge in [0.2, 0.25) is 5.91 Å². The fourth-order valence-electron chi connectivity index (χ4n) is 2.63. The molecule has 1 aliphatic rings. The van der Waals surface area contributed by atoms with Gasteiger partial charge in [-0.15, -0.1) is 11.3 Å². The van der Waals surface area contributed by atoms with Crippen LogP contribution in [0.5, 0.6) is 0 Å². The van der Waals surface area contributed by atoms with Crippen molar-refractivity contribution in [1.29, 1.82) is 0 Å². The molecule has 1 aromatic heterocycles. The molecule has 20 heavy (non-hydrogen) atoms. The van der Waals surface area contributed by atoms with Crippen molar-refractivity contribution in [1.82, 2.24) is 5.32 Å². The van der Waals surface area contributed by atoms with Crippen LogP contribution in [0, 0.1) is 5.41 Å². The molecule has 0 saturated heterocycles. The van der Waals surface area contributed by atoms with Crippen molar-refractivity contribution in [3.05, 3.63) is 21.3 Å². The van der Waals surface area contributed by atoms with E-state index in [0.717, 1.165) is 28.5 Å². The van der Waals surface area contributed by atoms with Gasteiger partial charge in [0.15, 0.2) is 5.84 Å². The summed E-state index contributed by atoms with van der Waals surface area (Å²) in [7, 11) is 0. The zero-order valence-corrected chi connectivity index (χ0v) is 12.6. The maximum absolute atomic E-state index is 12.4. The number of carbonyl (C=O) groups excluding carboxylic acids is 1. The molecule has 1 aromatic rings. The number of rotatable bonds is 5. The third-order valence-corrected chi connectivity index (χ3v) is 5.07. The van der Waals surface area contributed by atoms with Crippen molar-refractivity contribution in [2.75, 3.05) is 6.54 Å². The van der Waals surface area contributed by atoms with E-state index >= 15 is 0 Å². The second-order valence-corrected chi connectivity index (χ2v) is 6.79. The highest BCUT2D eigenvalue weighted by Crippen LogP contribution is 2.38. The summed E-state index contributed by atoms with van der Waals surface area (Å²) < 4.78 is 0.746.